The molecular weight excluding hydrogens is 480 g/mol. The van der Waals surface area contributed by atoms with E-state index in [1.54, 1.807) is 24.4 Å². The summed E-state index contributed by atoms with van der Waals surface area (Å²) >= 11 is 1.41. The maximum Gasteiger partial charge on any atom is 0.185 e. The Labute approximate surface area is 215 Å². The number of pyridine rings is 1. The first-order chi connectivity index (χ1) is 17.3. The summed E-state index contributed by atoms with van der Waals surface area (Å²) in [6.45, 7) is 4.17. The standard InChI is InChI=1S/C27H33F2N5OS/c1-5-11-27(2)12-7-6-8-21(25(27)29)34(3)23-16-31-26(33-32-23)18-10-9-17(13-22(18)35)19-14-24(36-4)30-15-20(19)28/h9-10,13-16,21,25,35H,5-8,11-12H2,1-4H3/t21-,25-,27+/m0/s1. The third-order valence-corrected chi connectivity index (χ3v) is 7.96. The Bertz CT molecular complexity index is 1200. The number of phenolic OH excluding ortho intramolecular Hbond substituents is 1. The second-order valence-electron chi connectivity index (χ2n) is 9.81. The fraction of sp³-hybridized carbons (Fsp3) is 0.481. The van der Waals surface area contributed by atoms with E-state index in [0.717, 1.165) is 38.5 Å². The van der Waals surface area contributed by atoms with Gasteiger partial charge in [0, 0.05) is 18.0 Å². The molecule has 1 aromatic carbocycles. The molecule has 1 N–H and O–H groups in total. The van der Waals surface area contributed by atoms with E-state index in [2.05, 4.69) is 34.0 Å². The van der Waals surface area contributed by atoms with E-state index in [9.17, 15) is 9.50 Å². The fourth-order valence-corrected chi connectivity index (χ4v) is 5.61. The molecule has 6 nitrogen and oxygen atoms in total. The Morgan fingerprint density at radius 2 is 1.94 bits per heavy atom. The van der Waals surface area contributed by atoms with Crippen LogP contribution in [0.1, 0.15) is 52.4 Å². The minimum absolute atomic E-state index is 0.0831. The number of halogens is 2. The van der Waals surface area contributed by atoms with Crippen molar-refractivity contribution in [2.24, 2.45) is 5.41 Å². The van der Waals surface area contributed by atoms with Crippen LogP contribution in [0.25, 0.3) is 22.5 Å². The van der Waals surface area contributed by atoms with Crippen LogP contribution in [0.2, 0.25) is 0 Å². The van der Waals surface area contributed by atoms with Gasteiger partial charge in [0.05, 0.1) is 29.0 Å². The first kappa shape index (κ1) is 26.3. The van der Waals surface area contributed by atoms with Gasteiger partial charge in [-0.15, -0.1) is 22.0 Å². The number of phenols is 1. The number of aromatic hydroxyl groups is 1. The maximum atomic E-state index is 15.8. The van der Waals surface area contributed by atoms with Crippen molar-refractivity contribution < 1.29 is 13.9 Å². The minimum Gasteiger partial charge on any atom is -0.507 e. The van der Waals surface area contributed by atoms with Crippen molar-refractivity contribution in [1.82, 2.24) is 20.2 Å². The Morgan fingerprint density at radius 1 is 1.14 bits per heavy atom. The summed E-state index contributed by atoms with van der Waals surface area (Å²) in [5.41, 5.74) is 0.914. The molecule has 2 heterocycles. The molecule has 2 aromatic heterocycles. The maximum absolute atomic E-state index is 15.8. The van der Waals surface area contributed by atoms with E-state index in [4.69, 9.17) is 0 Å². The molecule has 0 spiro atoms. The lowest BCUT2D eigenvalue weighted by Gasteiger charge is -2.39. The zero-order valence-corrected chi connectivity index (χ0v) is 22.0. The highest BCUT2D eigenvalue weighted by atomic mass is 32.2. The van der Waals surface area contributed by atoms with Crippen molar-refractivity contribution >= 4 is 17.6 Å². The number of benzene rings is 1. The Morgan fingerprint density at radius 3 is 2.61 bits per heavy atom. The van der Waals surface area contributed by atoms with Crippen LogP contribution in [0.3, 0.4) is 0 Å². The highest BCUT2D eigenvalue weighted by Crippen LogP contribution is 2.42. The van der Waals surface area contributed by atoms with Gasteiger partial charge in [-0.25, -0.2) is 18.7 Å². The Kier molecular flexibility index (Phi) is 8.07. The van der Waals surface area contributed by atoms with Gasteiger partial charge in [-0.1, -0.05) is 39.2 Å². The normalized spacial score (nSPS) is 22.3. The van der Waals surface area contributed by atoms with Crippen LogP contribution in [0, 0.1) is 11.2 Å². The molecule has 192 valence electrons. The van der Waals surface area contributed by atoms with E-state index >= 15 is 4.39 Å². The first-order valence-corrected chi connectivity index (χ1v) is 13.6. The third kappa shape index (κ3) is 5.31. The molecule has 1 saturated carbocycles. The van der Waals surface area contributed by atoms with Crippen molar-refractivity contribution in [3.63, 3.8) is 0 Å². The molecular formula is C27H33F2N5OS. The Hall–Kier alpha value is -2.81. The highest BCUT2D eigenvalue weighted by molar-refractivity contribution is 7.98. The molecule has 3 atom stereocenters. The second-order valence-corrected chi connectivity index (χ2v) is 10.6. The third-order valence-electron chi connectivity index (χ3n) is 7.32. The highest BCUT2D eigenvalue weighted by Gasteiger charge is 2.42. The van der Waals surface area contributed by atoms with Crippen LogP contribution >= 0.6 is 11.8 Å². The van der Waals surface area contributed by atoms with Crippen molar-refractivity contribution in [1.29, 1.82) is 0 Å². The number of aromatic nitrogens is 4. The summed E-state index contributed by atoms with van der Waals surface area (Å²) in [6, 6.07) is 6.18. The summed E-state index contributed by atoms with van der Waals surface area (Å²) in [7, 11) is 1.85. The average Bonchev–Trinajstić information content (AvgIpc) is 3.02. The first-order valence-electron chi connectivity index (χ1n) is 12.4. The monoisotopic (exact) mass is 513 g/mol. The molecule has 4 rings (SSSR count). The van der Waals surface area contributed by atoms with Crippen molar-refractivity contribution in [2.45, 2.75) is 69.6 Å². The second kappa shape index (κ2) is 11.1. The Balaban J connectivity index is 1.56. The van der Waals surface area contributed by atoms with Crippen LogP contribution < -0.4 is 4.90 Å². The number of hydrogen-bond acceptors (Lipinski definition) is 7. The number of hydrogen-bond donors (Lipinski definition) is 1. The van der Waals surface area contributed by atoms with Crippen molar-refractivity contribution in [3.05, 3.63) is 42.5 Å². The van der Waals surface area contributed by atoms with Gasteiger partial charge >= 0.3 is 0 Å². The SMILES string of the molecule is CCC[C@]1(C)CCCC[C@H](N(C)c2cnc(-c3ccc(-c4cc(SC)ncc4F)cc3O)nn2)[C@@H]1F. The molecule has 0 amide bonds. The van der Waals surface area contributed by atoms with Crippen molar-refractivity contribution in [2.75, 3.05) is 18.2 Å². The van der Waals surface area contributed by atoms with Crippen molar-refractivity contribution in [3.8, 4) is 28.3 Å². The van der Waals surface area contributed by atoms with Crippen LogP contribution in [0.5, 0.6) is 5.75 Å². The summed E-state index contributed by atoms with van der Waals surface area (Å²) in [5.74, 6) is 0.182. The van der Waals surface area contributed by atoms with E-state index < -0.39 is 12.0 Å². The average molecular weight is 514 g/mol. The fourth-order valence-electron chi connectivity index (χ4n) is 5.22. The zero-order valence-electron chi connectivity index (χ0n) is 21.2. The molecule has 1 aliphatic rings. The molecule has 1 fully saturated rings. The lowest BCUT2D eigenvalue weighted by molar-refractivity contribution is 0.0868. The number of thioether (sulfide) groups is 1. The van der Waals surface area contributed by atoms with Gasteiger partial charge in [0.25, 0.3) is 0 Å². The van der Waals surface area contributed by atoms with Gasteiger partial charge in [0.1, 0.15) is 17.7 Å². The molecule has 0 aliphatic heterocycles. The van der Waals surface area contributed by atoms with Gasteiger partial charge in [-0.05, 0) is 49.3 Å². The summed E-state index contributed by atoms with van der Waals surface area (Å²) < 4.78 is 30.1. The lowest BCUT2D eigenvalue weighted by atomic mass is 9.76. The summed E-state index contributed by atoms with van der Waals surface area (Å²) in [5, 5.41) is 19.9. The molecule has 9 heteroatoms. The largest absolute Gasteiger partial charge is 0.507 e. The predicted octanol–water partition coefficient (Wildman–Crippen LogP) is 6.69. The lowest BCUT2D eigenvalue weighted by Crippen LogP contribution is -2.46. The van der Waals surface area contributed by atoms with Gasteiger partial charge in [0.2, 0.25) is 0 Å². The van der Waals surface area contributed by atoms with E-state index in [1.165, 1.54) is 24.0 Å². The topological polar surface area (TPSA) is 75.0 Å². The van der Waals surface area contributed by atoms with Crippen LogP contribution in [0.4, 0.5) is 14.6 Å². The van der Waals surface area contributed by atoms with Crippen LogP contribution in [-0.2, 0) is 0 Å². The van der Waals surface area contributed by atoms with Gasteiger partial charge in [-0.2, -0.15) is 0 Å². The molecule has 3 aromatic rings. The quantitative estimate of drug-likeness (QED) is 0.279. The van der Waals surface area contributed by atoms with E-state index in [1.807, 2.05) is 18.2 Å². The number of alkyl halides is 1. The number of anilines is 1. The summed E-state index contributed by atoms with van der Waals surface area (Å²) in [4.78, 5) is 10.3. The molecule has 1 aliphatic carbocycles. The van der Waals surface area contributed by atoms with Gasteiger partial charge < -0.3 is 10.0 Å². The van der Waals surface area contributed by atoms with E-state index in [-0.39, 0.29) is 23.0 Å². The summed E-state index contributed by atoms with van der Waals surface area (Å²) in [6.07, 6.45) is 9.11. The van der Waals surface area contributed by atoms with Crippen LogP contribution in [-0.4, -0.2) is 50.8 Å². The zero-order chi connectivity index (χ0) is 25.9. The van der Waals surface area contributed by atoms with E-state index in [0.29, 0.717) is 27.5 Å². The molecule has 0 bridgehead atoms. The number of nitrogens with zero attached hydrogens (tertiary/aromatic N) is 5. The minimum atomic E-state index is -0.969. The molecule has 0 unspecified atom stereocenters. The predicted molar refractivity (Wildman–Crippen MR) is 140 cm³/mol. The number of rotatable bonds is 7. The molecule has 36 heavy (non-hydrogen) atoms. The molecule has 0 saturated heterocycles. The van der Waals surface area contributed by atoms with Crippen LogP contribution in [0.15, 0.2) is 41.7 Å². The smallest absolute Gasteiger partial charge is 0.185 e. The van der Waals surface area contributed by atoms with Gasteiger partial charge in [0.15, 0.2) is 11.6 Å². The van der Waals surface area contributed by atoms with Gasteiger partial charge in [-0.3, -0.25) is 0 Å². The molecule has 0 radical (unpaired) electrons.